The molecule has 0 atom stereocenters. The van der Waals surface area contributed by atoms with E-state index < -0.39 is 0 Å². The summed E-state index contributed by atoms with van der Waals surface area (Å²) in [5.74, 6) is 0.480. The summed E-state index contributed by atoms with van der Waals surface area (Å²) in [6.45, 7) is 7.09. The van der Waals surface area contributed by atoms with E-state index in [1.54, 1.807) is 6.20 Å². The van der Waals surface area contributed by atoms with E-state index >= 15 is 0 Å². The number of fused-ring (bicyclic) bond motifs is 1. The first-order chi connectivity index (χ1) is 9.58. The van der Waals surface area contributed by atoms with Gasteiger partial charge in [-0.05, 0) is 33.6 Å². The molecule has 0 amide bonds. The van der Waals surface area contributed by atoms with E-state index in [0.29, 0.717) is 18.1 Å². The van der Waals surface area contributed by atoms with Crippen molar-refractivity contribution in [2.45, 2.75) is 40.2 Å². The monoisotopic (exact) mass is 271 g/mol. The van der Waals surface area contributed by atoms with E-state index in [4.69, 9.17) is 5.73 Å². The minimum atomic E-state index is 0.480. The molecule has 0 fully saturated rings. The minimum absolute atomic E-state index is 0.480. The summed E-state index contributed by atoms with van der Waals surface area (Å²) >= 11 is 0. The molecular formula is C15H21N5. The van der Waals surface area contributed by atoms with E-state index in [1.807, 2.05) is 4.57 Å². The van der Waals surface area contributed by atoms with Crippen molar-refractivity contribution < 1.29 is 0 Å². The lowest BCUT2D eigenvalue weighted by molar-refractivity contribution is 0.841. The van der Waals surface area contributed by atoms with E-state index in [2.05, 4.69) is 47.9 Å². The van der Waals surface area contributed by atoms with Crippen molar-refractivity contribution in [2.24, 2.45) is 0 Å². The van der Waals surface area contributed by atoms with Crippen molar-refractivity contribution in [1.29, 1.82) is 0 Å². The first-order valence-corrected chi connectivity index (χ1v) is 6.78. The highest BCUT2D eigenvalue weighted by Crippen LogP contribution is 2.15. The highest BCUT2D eigenvalue weighted by Gasteiger charge is 2.07. The van der Waals surface area contributed by atoms with Crippen molar-refractivity contribution in [3.05, 3.63) is 35.8 Å². The number of anilines is 1. The minimum Gasteiger partial charge on any atom is -0.369 e. The molecule has 2 N–H and O–H groups in total. The van der Waals surface area contributed by atoms with Gasteiger partial charge in [0.2, 0.25) is 5.95 Å². The molecule has 0 spiro atoms. The highest BCUT2D eigenvalue weighted by molar-refractivity contribution is 5.72. The average molecular weight is 271 g/mol. The number of hydrogen-bond donors (Lipinski definition) is 1. The Kier molecular flexibility index (Phi) is 4.50. The van der Waals surface area contributed by atoms with Gasteiger partial charge in [0.25, 0.3) is 0 Å². The lowest BCUT2D eigenvalue weighted by Crippen LogP contribution is -2.02. The Morgan fingerprint density at radius 1 is 1.30 bits per heavy atom. The lowest BCUT2D eigenvalue weighted by atomic mass is 10.1. The number of imidazole rings is 1. The predicted molar refractivity (Wildman–Crippen MR) is 82.2 cm³/mol. The molecule has 2 aromatic heterocycles. The standard InChI is InChI=1S/C15H21N5/c1-11(2)5-4-6-12(3)7-8-20-13-9-17-10-18-14(13)19-15(20)16/h5,7,9-10H,4,6,8H2,1-3H3,(H2,16,17,18,19). The number of hydrogen-bond acceptors (Lipinski definition) is 4. The van der Waals surface area contributed by atoms with E-state index in [-0.39, 0.29) is 0 Å². The first kappa shape index (κ1) is 14.2. The molecule has 0 aliphatic rings. The van der Waals surface area contributed by atoms with Crippen LogP contribution in [-0.2, 0) is 6.54 Å². The smallest absolute Gasteiger partial charge is 0.203 e. The molecule has 2 aromatic rings. The third-order valence-electron chi connectivity index (χ3n) is 3.17. The van der Waals surface area contributed by atoms with Crippen LogP contribution in [0.1, 0.15) is 33.6 Å². The number of nitrogens with zero attached hydrogens (tertiary/aromatic N) is 4. The summed E-state index contributed by atoms with van der Waals surface area (Å²) in [6, 6.07) is 0. The van der Waals surface area contributed by atoms with Crippen LogP contribution in [0, 0.1) is 0 Å². The zero-order valence-corrected chi connectivity index (χ0v) is 12.3. The zero-order chi connectivity index (χ0) is 14.5. The van der Waals surface area contributed by atoms with Gasteiger partial charge in [-0.2, -0.15) is 4.98 Å². The average Bonchev–Trinajstić information content (AvgIpc) is 2.71. The quantitative estimate of drug-likeness (QED) is 0.848. The Morgan fingerprint density at radius 3 is 2.85 bits per heavy atom. The van der Waals surface area contributed by atoms with Crippen LogP contribution in [-0.4, -0.2) is 19.5 Å². The number of nitrogens with two attached hydrogens (primary N) is 1. The van der Waals surface area contributed by atoms with E-state index in [9.17, 15) is 0 Å². The van der Waals surface area contributed by atoms with Crippen LogP contribution in [0.4, 0.5) is 5.95 Å². The second kappa shape index (κ2) is 6.32. The molecule has 0 saturated heterocycles. The normalized spacial score (nSPS) is 11.8. The van der Waals surface area contributed by atoms with Crippen LogP contribution >= 0.6 is 0 Å². The van der Waals surface area contributed by atoms with Crippen molar-refractivity contribution in [3.8, 4) is 0 Å². The Labute approximate surface area is 119 Å². The molecule has 2 rings (SSSR count). The molecule has 0 aromatic carbocycles. The largest absolute Gasteiger partial charge is 0.369 e. The molecule has 0 radical (unpaired) electrons. The van der Waals surface area contributed by atoms with Gasteiger partial charge >= 0.3 is 0 Å². The SMILES string of the molecule is CC(C)=CCCC(C)=CCn1c(N)nc2ncncc21. The van der Waals surface area contributed by atoms with Crippen LogP contribution in [0.5, 0.6) is 0 Å². The lowest BCUT2D eigenvalue weighted by Gasteiger charge is -2.04. The van der Waals surface area contributed by atoms with Gasteiger partial charge in [0.05, 0.1) is 6.20 Å². The van der Waals surface area contributed by atoms with Gasteiger partial charge in [0, 0.05) is 6.54 Å². The Morgan fingerprint density at radius 2 is 2.10 bits per heavy atom. The maximum atomic E-state index is 5.92. The summed E-state index contributed by atoms with van der Waals surface area (Å²) in [6.07, 6.45) is 9.81. The van der Waals surface area contributed by atoms with Crippen LogP contribution < -0.4 is 5.73 Å². The number of aromatic nitrogens is 4. The Bertz CT molecular complexity index is 647. The van der Waals surface area contributed by atoms with E-state index in [0.717, 1.165) is 18.4 Å². The molecule has 0 aliphatic heterocycles. The molecule has 0 unspecified atom stereocenters. The summed E-state index contributed by atoms with van der Waals surface area (Å²) < 4.78 is 1.93. The van der Waals surface area contributed by atoms with Gasteiger partial charge in [-0.25, -0.2) is 9.97 Å². The van der Waals surface area contributed by atoms with Crippen LogP contribution in [0.2, 0.25) is 0 Å². The summed E-state index contributed by atoms with van der Waals surface area (Å²) in [5, 5.41) is 0. The Hall–Kier alpha value is -2.17. The third-order valence-corrected chi connectivity index (χ3v) is 3.17. The molecule has 106 valence electrons. The first-order valence-electron chi connectivity index (χ1n) is 6.78. The van der Waals surface area contributed by atoms with Crippen molar-refractivity contribution in [1.82, 2.24) is 19.5 Å². The van der Waals surface area contributed by atoms with Gasteiger partial charge in [-0.15, -0.1) is 0 Å². The number of nitrogen functional groups attached to an aromatic ring is 1. The van der Waals surface area contributed by atoms with Gasteiger partial charge < -0.3 is 10.3 Å². The zero-order valence-electron chi connectivity index (χ0n) is 12.3. The number of rotatable bonds is 5. The predicted octanol–water partition coefficient (Wildman–Crippen LogP) is 3.10. The van der Waals surface area contributed by atoms with Crippen molar-refractivity contribution in [3.63, 3.8) is 0 Å². The molecule has 2 heterocycles. The highest BCUT2D eigenvalue weighted by atomic mass is 15.2. The molecule has 20 heavy (non-hydrogen) atoms. The van der Waals surface area contributed by atoms with Crippen LogP contribution in [0.3, 0.4) is 0 Å². The van der Waals surface area contributed by atoms with Crippen LogP contribution in [0.15, 0.2) is 35.8 Å². The Balaban J connectivity index is 2.08. The van der Waals surface area contributed by atoms with Crippen molar-refractivity contribution >= 4 is 17.1 Å². The van der Waals surface area contributed by atoms with Gasteiger partial charge in [-0.3, -0.25) is 0 Å². The number of allylic oxidation sites excluding steroid dienone is 4. The van der Waals surface area contributed by atoms with E-state index in [1.165, 1.54) is 17.5 Å². The fourth-order valence-electron chi connectivity index (χ4n) is 2.01. The second-order valence-electron chi connectivity index (χ2n) is 5.18. The summed E-state index contributed by atoms with van der Waals surface area (Å²) in [7, 11) is 0. The van der Waals surface area contributed by atoms with Crippen LogP contribution in [0.25, 0.3) is 11.2 Å². The van der Waals surface area contributed by atoms with Gasteiger partial charge in [0.15, 0.2) is 5.65 Å². The molecule has 0 saturated carbocycles. The molecule has 0 aliphatic carbocycles. The molecule has 5 nitrogen and oxygen atoms in total. The van der Waals surface area contributed by atoms with Gasteiger partial charge in [0.1, 0.15) is 11.8 Å². The fourth-order valence-corrected chi connectivity index (χ4v) is 2.01. The topological polar surface area (TPSA) is 69.6 Å². The maximum Gasteiger partial charge on any atom is 0.203 e. The fraction of sp³-hybridized carbons (Fsp3) is 0.400. The molecular weight excluding hydrogens is 250 g/mol. The van der Waals surface area contributed by atoms with Gasteiger partial charge in [-0.1, -0.05) is 23.3 Å². The molecule has 5 heteroatoms. The van der Waals surface area contributed by atoms with Crippen molar-refractivity contribution in [2.75, 3.05) is 5.73 Å². The third kappa shape index (κ3) is 3.44. The second-order valence-corrected chi connectivity index (χ2v) is 5.18. The summed E-state index contributed by atoms with van der Waals surface area (Å²) in [4.78, 5) is 12.4. The molecule has 0 bridgehead atoms. The summed E-state index contributed by atoms with van der Waals surface area (Å²) in [5.41, 5.74) is 10.2. The maximum absolute atomic E-state index is 5.92.